The van der Waals surface area contributed by atoms with Crippen LogP contribution >= 0.6 is 12.4 Å². The van der Waals surface area contributed by atoms with Gasteiger partial charge >= 0.3 is 0 Å². The number of nitrogens with one attached hydrogen (secondary N) is 2. The van der Waals surface area contributed by atoms with Crippen molar-refractivity contribution in [1.82, 2.24) is 10.6 Å². The normalized spacial score (nSPS) is 29.8. The van der Waals surface area contributed by atoms with E-state index in [1.807, 2.05) is 0 Å². The first kappa shape index (κ1) is 16.1. The van der Waals surface area contributed by atoms with E-state index < -0.39 is 0 Å². The molecule has 1 saturated heterocycles. The smallest absolute Gasteiger partial charge is 0.224 e. The Kier molecular flexibility index (Phi) is 4.98. The van der Waals surface area contributed by atoms with Crippen LogP contribution in [-0.4, -0.2) is 38.3 Å². The Hall–Kier alpha value is -0.320. The molecule has 0 radical (unpaired) electrons. The van der Waals surface area contributed by atoms with E-state index in [0.717, 1.165) is 32.4 Å². The molecule has 0 aromatic rings. The molecule has 20 heavy (non-hydrogen) atoms. The first-order valence-electron chi connectivity index (χ1n) is 7.72. The highest BCUT2D eigenvalue weighted by Gasteiger charge is 2.58. The van der Waals surface area contributed by atoms with E-state index in [9.17, 15) is 4.79 Å². The zero-order chi connectivity index (χ0) is 13.3. The van der Waals surface area contributed by atoms with Crippen molar-refractivity contribution in [3.63, 3.8) is 0 Å². The molecule has 4 nitrogen and oxygen atoms in total. The third-order valence-corrected chi connectivity index (χ3v) is 5.48. The maximum atomic E-state index is 12.5. The first-order valence-corrected chi connectivity index (χ1v) is 7.72. The molecular formula is C15H27ClN2O2. The maximum Gasteiger partial charge on any atom is 0.224 e. The Bertz CT molecular complexity index is 350. The van der Waals surface area contributed by atoms with Crippen LogP contribution in [0.1, 0.15) is 44.9 Å². The van der Waals surface area contributed by atoms with Gasteiger partial charge in [0.1, 0.15) is 0 Å². The number of methoxy groups -OCH3 is 1. The van der Waals surface area contributed by atoms with Gasteiger partial charge in [-0.1, -0.05) is 12.8 Å². The van der Waals surface area contributed by atoms with Gasteiger partial charge in [-0.2, -0.15) is 0 Å². The second-order valence-electron chi connectivity index (χ2n) is 6.78. The Labute approximate surface area is 127 Å². The number of piperidine rings is 1. The summed E-state index contributed by atoms with van der Waals surface area (Å²) in [5.74, 6) is 0.560. The van der Waals surface area contributed by atoms with Crippen LogP contribution in [0.3, 0.4) is 0 Å². The second-order valence-corrected chi connectivity index (χ2v) is 6.78. The van der Waals surface area contributed by atoms with Crippen molar-refractivity contribution in [2.45, 2.75) is 50.5 Å². The number of hydrogen-bond acceptors (Lipinski definition) is 3. The summed E-state index contributed by atoms with van der Waals surface area (Å²) in [6, 6.07) is 0. The highest BCUT2D eigenvalue weighted by Crippen LogP contribution is 2.58. The summed E-state index contributed by atoms with van der Waals surface area (Å²) in [5, 5.41) is 6.73. The third-order valence-electron chi connectivity index (χ3n) is 5.48. The highest BCUT2D eigenvalue weighted by atomic mass is 35.5. The minimum absolute atomic E-state index is 0. The van der Waals surface area contributed by atoms with Crippen LogP contribution in [0, 0.1) is 11.3 Å². The van der Waals surface area contributed by atoms with Crippen LogP contribution in [0.4, 0.5) is 0 Å². The predicted octanol–water partition coefficient (Wildman–Crippen LogP) is 1.87. The molecule has 1 heterocycles. The number of amides is 1. The number of halogens is 1. The lowest BCUT2D eigenvalue weighted by molar-refractivity contribution is -0.126. The summed E-state index contributed by atoms with van der Waals surface area (Å²) in [6.07, 6.45) is 8.02. The molecule has 0 aromatic heterocycles. The second kappa shape index (κ2) is 6.20. The molecule has 1 atom stereocenters. The van der Waals surface area contributed by atoms with Gasteiger partial charge in [0.2, 0.25) is 5.91 Å². The average Bonchev–Trinajstić information content (AvgIpc) is 2.90. The Morgan fingerprint density at radius 2 is 1.90 bits per heavy atom. The van der Waals surface area contributed by atoms with Crippen molar-refractivity contribution in [2.75, 3.05) is 26.8 Å². The molecule has 3 fully saturated rings. The standard InChI is InChI=1S/C15H26N2O2.ClH/c1-19-11-15(4-2-3-5-15)17-13(18)12-10-14(12)6-8-16-9-7-14;/h12,16H,2-11H2,1H3,(H,17,18);1H. The van der Waals surface area contributed by atoms with E-state index in [1.54, 1.807) is 7.11 Å². The Balaban J connectivity index is 0.00000147. The van der Waals surface area contributed by atoms with Crippen LogP contribution in [0.2, 0.25) is 0 Å². The molecule has 116 valence electrons. The first-order chi connectivity index (χ1) is 9.20. The topological polar surface area (TPSA) is 50.4 Å². The predicted molar refractivity (Wildman–Crippen MR) is 81.1 cm³/mol. The van der Waals surface area contributed by atoms with Crippen molar-refractivity contribution in [2.24, 2.45) is 11.3 Å². The van der Waals surface area contributed by atoms with Crippen LogP contribution in [0.25, 0.3) is 0 Å². The van der Waals surface area contributed by atoms with E-state index in [-0.39, 0.29) is 23.9 Å². The molecule has 2 N–H and O–H groups in total. The number of rotatable bonds is 4. The number of hydrogen-bond donors (Lipinski definition) is 2. The van der Waals surface area contributed by atoms with E-state index >= 15 is 0 Å². The lowest BCUT2D eigenvalue weighted by Gasteiger charge is -2.30. The van der Waals surface area contributed by atoms with Crippen LogP contribution < -0.4 is 10.6 Å². The fourth-order valence-electron chi connectivity index (χ4n) is 4.18. The van der Waals surface area contributed by atoms with E-state index in [0.29, 0.717) is 17.9 Å². The zero-order valence-electron chi connectivity index (χ0n) is 12.4. The monoisotopic (exact) mass is 302 g/mol. The minimum atomic E-state index is -0.0669. The molecule has 5 heteroatoms. The van der Waals surface area contributed by atoms with Crippen LogP contribution in [-0.2, 0) is 9.53 Å². The van der Waals surface area contributed by atoms with Gasteiger partial charge in [-0.25, -0.2) is 0 Å². The minimum Gasteiger partial charge on any atom is -0.382 e. The fraction of sp³-hybridized carbons (Fsp3) is 0.933. The van der Waals surface area contributed by atoms with Gasteiger partial charge in [-0.3, -0.25) is 4.79 Å². The van der Waals surface area contributed by atoms with E-state index in [4.69, 9.17) is 4.74 Å². The summed E-state index contributed by atoms with van der Waals surface area (Å²) in [4.78, 5) is 12.5. The van der Waals surface area contributed by atoms with Crippen LogP contribution in [0.15, 0.2) is 0 Å². The molecular weight excluding hydrogens is 276 g/mol. The SMILES string of the molecule is COCC1(NC(=O)C2CC23CCNCC3)CCCC1.Cl. The number of ether oxygens (including phenoxy) is 1. The van der Waals surface area contributed by atoms with Gasteiger partial charge in [-0.15, -0.1) is 12.4 Å². The quantitative estimate of drug-likeness (QED) is 0.833. The molecule has 1 spiro atoms. The lowest BCUT2D eigenvalue weighted by atomic mass is 9.91. The van der Waals surface area contributed by atoms with Gasteiger partial charge in [0.15, 0.2) is 0 Å². The summed E-state index contributed by atoms with van der Waals surface area (Å²) < 4.78 is 5.34. The van der Waals surface area contributed by atoms with Gasteiger partial charge in [0.25, 0.3) is 0 Å². The third kappa shape index (κ3) is 2.97. The molecule has 0 aromatic carbocycles. The summed E-state index contributed by atoms with van der Waals surface area (Å²) in [5.41, 5.74) is 0.269. The number of carbonyl (C=O) groups excluding carboxylic acids is 1. The molecule has 1 aliphatic heterocycles. The van der Waals surface area contributed by atoms with Gasteiger partial charge in [-0.05, 0) is 50.6 Å². The van der Waals surface area contributed by atoms with Gasteiger partial charge in [0, 0.05) is 13.0 Å². The van der Waals surface area contributed by atoms with Crippen molar-refractivity contribution in [3.8, 4) is 0 Å². The van der Waals surface area contributed by atoms with Gasteiger partial charge < -0.3 is 15.4 Å². The lowest BCUT2D eigenvalue weighted by Crippen LogP contribution is -2.51. The van der Waals surface area contributed by atoms with Crippen molar-refractivity contribution < 1.29 is 9.53 Å². The molecule has 3 rings (SSSR count). The molecule has 1 unspecified atom stereocenters. The highest BCUT2D eigenvalue weighted by molar-refractivity contribution is 5.85. The summed E-state index contributed by atoms with van der Waals surface area (Å²) >= 11 is 0. The van der Waals surface area contributed by atoms with E-state index in [1.165, 1.54) is 25.7 Å². The van der Waals surface area contributed by atoms with Crippen molar-refractivity contribution in [3.05, 3.63) is 0 Å². The molecule has 2 aliphatic carbocycles. The summed E-state index contributed by atoms with van der Waals surface area (Å²) in [6.45, 7) is 2.82. The van der Waals surface area contributed by atoms with Crippen molar-refractivity contribution in [1.29, 1.82) is 0 Å². The number of carbonyl (C=O) groups is 1. The molecule has 0 bridgehead atoms. The molecule has 2 saturated carbocycles. The Morgan fingerprint density at radius 1 is 1.25 bits per heavy atom. The Morgan fingerprint density at radius 3 is 2.50 bits per heavy atom. The maximum absolute atomic E-state index is 12.5. The fourth-order valence-corrected chi connectivity index (χ4v) is 4.18. The van der Waals surface area contributed by atoms with Gasteiger partial charge in [0.05, 0.1) is 12.1 Å². The largest absolute Gasteiger partial charge is 0.382 e. The summed E-state index contributed by atoms with van der Waals surface area (Å²) in [7, 11) is 1.73. The van der Waals surface area contributed by atoms with Crippen LogP contribution in [0.5, 0.6) is 0 Å². The average molecular weight is 303 g/mol. The van der Waals surface area contributed by atoms with Crippen molar-refractivity contribution >= 4 is 18.3 Å². The molecule has 1 amide bonds. The van der Waals surface area contributed by atoms with E-state index in [2.05, 4.69) is 10.6 Å². The molecule has 3 aliphatic rings. The zero-order valence-corrected chi connectivity index (χ0v) is 13.2.